The molecule has 1 saturated heterocycles. The van der Waals surface area contributed by atoms with E-state index in [0.717, 1.165) is 24.1 Å². The van der Waals surface area contributed by atoms with Gasteiger partial charge < -0.3 is 10.6 Å². The van der Waals surface area contributed by atoms with E-state index in [1.165, 1.54) is 51.5 Å². The zero-order chi connectivity index (χ0) is 18.2. The van der Waals surface area contributed by atoms with E-state index in [2.05, 4.69) is 26.6 Å². The van der Waals surface area contributed by atoms with Gasteiger partial charge in [-0.15, -0.1) is 0 Å². The van der Waals surface area contributed by atoms with Gasteiger partial charge in [-0.3, -0.25) is 9.89 Å². The molecule has 0 bridgehead atoms. The fraction of sp³-hybridized carbons (Fsp3) is 0.619. The Morgan fingerprint density at radius 3 is 2.62 bits per heavy atom. The summed E-state index contributed by atoms with van der Waals surface area (Å²) in [6.07, 6.45) is 9.43. The van der Waals surface area contributed by atoms with E-state index in [-0.39, 0.29) is 0 Å². The molecule has 0 radical (unpaired) electrons. The van der Waals surface area contributed by atoms with Crippen LogP contribution < -0.4 is 10.6 Å². The normalized spacial score (nSPS) is 22.6. The molecule has 1 aromatic carbocycles. The van der Waals surface area contributed by atoms with Crippen LogP contribution in [0.2, 0.25) is 0 Å². The predicted octanol–water partition coefficient (Wildman–Crippen LogP) is 3.02. The highest BCUT2D eigenvalue weighted by atomic mass is 15.2. The highest BCUT2D eigenvalue weighted by molar-refractivity contribution is 5.80. The maximum atomic E-state index is 8.88. The number of hydrogen-bond acceptors (Lipinski definition) is 3. The molecule has 5 heteroatoms. The molecular weight excluding hydrogens is 322 g/mol. The number of nitrogens with zero attached hydrogens (tertiary/aromatic N) is 3. The van der Waals surface area contributed by atoms with E-state index in [4.69, 9.17) is 5.26 Å². The number of piperidine rings is 1. The molecule has 1 saturated carbocycles. The minimum Gasteiger partial charge on any atom is -0.352 e. The van der Waals surface area contributed by atoms with Gasteiger partial charge in [0.05, 0.1) is 11.6 Å². The number of hydrogen-bond donors (Lipinski definition) is 2. The first-order valence-corrected chi connectivity index (χ1v) is 9.99. The molecule has 2 aliphatic rings. The van der Waals surface area contributed by atoms with E-state index in [1.807, 2.05) is 31.3 Å². The van der Waals surface area contributed by atoms with Crippen molar-refractivity contribution in [2.24, 2.45) is 4.99 Å². The Morgan fingerprint density at radius 1 is 1.15 bits per heavy atom. The minimum atomic E-state index is 0.470. The zero-order valence-corrected chi connectivity index (χ0v) is 15.9. The van der Waals surface area contributed by atoms with E-state index in [1.54, 1.807) is 0 Å². The van der Waals surface area contributed by atoms with Crippen LogP contribution >= 0.6 is 0 Å². The lowest BCUT2D eigenvalue weighted by molar-refractivity contribution is 0.115. The summed E-state index contributed by atoms with van der Waals surface area (Å²) in [5, 5.41) is 15.9. The molecule has 1 atom stereocenters. The fourth-order valence-corrected chi connectivity index (χ4v) is 4.17. The molecule has 0 aromatic heterocycles. The van der Waals surface area contributed by atoms with Gasteiger partial charge in [0, 0.05) is 32.2 Å². The number of rotatable bonds is 4. The lowest BCUT2D eigenvalue weighted by Crippen LogP contribution is -2.53. The van der Waals surface area contributed by atoms with Crippen LogP contribution in [0.15, 0.2) is 29.3 Å². The number of guanidine groups is 1. The van der Waals surface area contributed by atoms with Gasteiger partial charge in [-0.2, -0.15) is 5.26 Å². The summed E-state index contributed by atoms with van der Waals surface area (Å²) in [6, 6.07) is 11.1. The zero-order valence-electron chi connectivity index (χ0n) is 15.9. The van der Waals surface area contributed by atoms with Crippen LogP contribution in [0.3, 0.4) is 0 Å². The Hall–Kier alpha value is -2.06. The molecule has 1 heterocycles. The fourth-order valence-electron chi connectivity index (χ4n) is 4.17. The molecule has 1 aromatic rings. The Morgan fingerprint density at radius 2 is 1.92 bits per heavy atom. The molecule has 1 unspecified atom stereocenters. The van der Waals surface area contributed by atoms with Gasteiger partial charge in [-0.1, -0.05) is 31.4 Å². The van der Waals surface area contributed by atoms with Crippen LogP contribution in [0.4, 0.5) is 0 Å². The lowest BCUT2D eigenvalue weighted by atomic mass is 9.92. The van der Waals surface area contributed by atoms with Crippen molar-refractivity contribution in [3.05, 3.63) is 35.4 Å². The summed E-state index contributed by atoms with van der Waals surface area (Å²) in [5.41, 5.74) is 1.85. The van der Waals surface area contributed by atoms with Crippen molar-refractivity contribution < 1.29 is 0 Å². The van der Waals surface area contributed by atoms with E-state index in [9.17, 15) is 0 Å². The van der Waals surface area contributed by atoms with Crippen molar-refractivity contribution in [1.29, 1.82) is 5.26 Å². The maximum Gasteiger partial charge on any atom is 0.191 e. The van der Waals surface area contributed by atoms with Gasteiger partial charge in [0.15, 0.2) is 5.96 Å². The van der Waals surface area contributed by atoms with Gasteiger partial charge in [0.1, 0.15) is 0 Å². The topological polar surface area (TPSA) is 63.5 Å². The standard InChI is InChI=1S/C21H31N5/c1-23-21(24-15-18-11-9-17(14-22)10-12-18)25-19-6-5-13-26(16-19)20-7-3-2-4-8-20/h9-12,19-20H,2-8,13,15-16H2,1H3,(H2,23,24,25). The van der Waals surface area contributed by atoms with Crippen molar-refractivity contribution >= 4 is 5.96 Å². The second-order valence-electron chi connectivity index (χ2n) is 7.50. The van der Waals surface area contributed by atoms with E-state index in [0.29, 0.717) is 18.2 Å². The SMILES string of the molecule is CN=C(NCc1ccc(C#N)cc1)NC1CCCN(C2CCCCC2)C1. The molecule has 26 heavy (non-hydrogen) atoms. The van der Waals surface area contributed by atoms with Crippen LogP contribution in [0.25, 0.3) is 0 Å². The third-order valence-electron chi connectivity index (χ3n) is 5.65. The minimum absolute atomic E-state index is 0.470. The van der Waals surface area contributed by atoms with Gasteiger partial charge in [-0.25, -0.2) is 0 Å². The second-order valence-corrected chi connectivity index (χ2v) is 7.50. The van der Waals surface area contributed by atoms with Crippen molar-refractivity contribution in [2.45, 2.75) is 63.6 Å². The van der Waals surface area contributed by atoms with Gasteiger partial charge in [0.2, 0.25) is 0 Å². The molecule has 3 rings (SSSR count). The highest BCUT2D eigenvalue weighted by Crippen LogP contribution is 2.25. The number of likely N-dealkylation sites (tertiary alicyclic amines) is 1. The van der Waals surface area contributed by atoms with Crippen LogP contribution in [0.1, 0.15) is 56.1 Å². The quantitative estimate of drug-likeness (QED) is 0.645. The highest BCUT2D eigenvalue weighted by Gasteiger charge is 2.27. The molecule has 2 fully saturated rings. The molecule has 1 aliphatic carbocycles. The summed E-state index contributed by atoms with van der Waals surface area (Å²) in [6.45, 7) is 3.09. The van der Waals surface area contributed by atoms with Crippen LogP contribution in [0.5, 0.6) is 0 Å². The third kappa shape index (κ3) is 5.22. The Balaban J connectivity index is 1.48. The van der Waals surface area contributed by atoms with Crippen LogP contribution in [-0.4, -0.2) is 43.1 Å². The predicted molar refractivity (Wildman–Crippen MR) is 106 cm³/mol. The average Bonchev–Trinajstić information content (AvgIpc) is 2.72. The van der Waals surface area contributed by atoms with Crippen molar-refractivity contribution in [3.8, 4) is 6.07 Å². The number of aliphatic imine (C=N–C) groups is 1. The summed E-state index contributed by atoms with van der Waals surface area (Å²) in [7, 11) is 1.83. The molecule has 2 N–H and O–H groups in total. The maximum absolute atomic E-state index is 8.88. The largest absolute Gasteiger partial charge is 0.352 e. The molecule has 140 valence electrons. The number of benzene rings is 1. The van der Waals surface area contributed by atoms with Crippen molar-refractivity contribution in [2.75, 3.05) is 20.1 Å². The summed E-state index contributed by atoms with van der Waals surface area (Å²) < 4.78 is 0. The molecule has 0 spiro atoms. The third-order valence-corrected chi connectivity index (χ3v) is 5.65. The Labute approximate surface area is 157 Å². The van der Waals surface area contributed by atoms with Crippen LogP contribution in [0, 0.1) is 11.3 Å². The van der Waals surface area contributed by atoms with Gasteiger partial charge >= 0.3 is 0 Å². The van der Waals surface area contributed by atoms with Gasteiger partial charge in [0.25, 0.3) is 0 Å². The average molecular weight is 354 g/mol. The summed E-state index contributed by atoms with van der Waals surface area (Å²) in [4.78, 5) is 7.09. The first-order chi connectivity index (χ1) is 12.8. The number of nitrogens with one attached hydrogen (secondary N) is 2. The summed E-state index contributed by atoms with van der Waals surface area (Å²) >= 11 is 0. The first-order valence-electron chi connectivity index (χ1n) is 9.99. The van der Waals surface area contributed by atoms with Crippen LogP contribution in [-0.2, 0) is 6.54 Å². The van der Waals surface area contributed by atoms with Crippen molar-refractivity contribution in [1.82, 2.24) is 15.5 Å². The van der Waals surface area contributed by atoms with Crippen molar-refractivity contribution in [3.63, 3.8) is 0 Å². The van der Waals surface area contributed by atoms with E-state index >= 15 is 0 Å². The Bertz CT molecular complexity index is 625. The monoisotopic (exact) mass is 353 g/mol. The van der Waals surface area contributed by atoms with Gasteiger partial charge in [-0.05, 0) is 49.9 Å². The smallest absolute Gasteiger partial charge is 0.191 e. The molecule has 5 nitrogen and oxygen atoms in total. The lowest BCUT2D eigenvalue weighted by Gasteiger charge is -2.40. The molecule has 1 aliphatic heterocycles. The number of nitriles is 1. The first kappa shape index (κ1) is 18.7. The Kier molecular flexibility index (Phi) is 6.90. The van der Waals surface area contributed by atoms with E-state index < -0.39 is 0 Å². The second kappa shape index (κ2) is 9.59. The molecular formula is C21H31N5. The molecule has 0 amide bonds. The summed E-state index contributed by atoms with van der Waals surface area (Å²) in [5.74, 6) is 0.866.